The lowest BCUT2D eigenvalue weighted by atomic mass is 10.0. The molecule has 25 heavy (non-hydrogen) atoms. The summed E-state index contributed by atoms with van der Waals surface area (Å²) < 4.78 is 2.28. The number of amides is 1. The van der Waals surface area contributed by atoms with Crippen molar-refractivity contribution in [3.63, 3.8) is 0 Å². The first-order valence-corrected chi connectivity index (χ1v) is 8.23. The summed E-state index contributed by atoms with van der Waals surface area (Å²) in [5.41, 5.74) is 5.50. The van der Waals surface area contributed by atoms with Gasteiger partial charge in [-0.25, -0.2) is 9.78 Å². The lowest BCUT2D eigenvalue weighted by Crippen LogP contribution is -2.38. The molecule has 2 aromatic rings. The van der Waals surface area contributed by atoms with E-state index in [0.717, 1.165) is 4.57 Å². The summed E-state index contributed by atoms with van der Waals surface area (Å²) in [6, 6.07) is 3.06. The molecule has 1 unspecified atom stereocenters. The lowest BCUT2D eigenvalue weighted by Gasteiger charge is -2.21. The minimum absolute atomic E-state index is 0.0173. The summed E-state index contributed by atoms with van der Waals surface area (Å²) in [5.74, 6) is 0.0685. The monoisotopic (exact) mass is 347 g/mol. The molecule has 0 aliphatic carbocycles. The number of aromatic nitrogens is 3. The van der Waals surface area contributed by atoms with E-state index in [1.54, 1.807) is 11.9 Å². The molecule has 0 aliphatic rings. The average Bonchev–Trinajstić information content (AvgIpc) is 2.60. The molecule has 0 aromatic carbocycles. The smallest absolute Gasteiger partial charge is 0.332 e. The van der Waals surface area contributed by atoms with Crippen LogP contribution in [-0.4, -0.2) is 44.6 Å². The number of nitrogens with two attached hydrogens (primary N) is 1. The molecule has 0 bridgehead atoms. The van der Waals surface area contributed by atoms with Gasteiger partial charge in [-0.05, 0) is 24.5 Å². The number of rotatable bonds is 5. The molecule has 0 radical (unpaired) electrons. The van der Waals surface area contributed by atoms with Crippen molar-refractivity contribution in [3.05, 3.63) is 38.7 Å². The average molecular weight is 347 g/mol. The number of carbonyl (C=O) groups is 1. The minimum Gasteiger partial charge on any atom is -0.340 e. The van der Waals surface area contributed by atoms with Gasteiger partial charge < -0.3 is 10.6 Å². The first-order valence-electron chi connectivity index (χ1n) is 8.23. The molecule has 1 atom stereocenters. The van der Waals surface area contributed by atoms with Crippen molar-refractivity contribution in [3.8, 4) is 0 Å². The van der Waals surface area contributed by atoms with Gasteiger partial charge in [0.2, 0.25) is 0 Å². The van der Waals surface area contributed by atoms with Crippen LogP contribution in [0.4, 0.5) is 0 Å². The van der Waals surface area contributed by atoms with Crippen molar-refractivity contribution in [2.24, 2.45) is 25.7 Å². The Labute approximate surface area is 145 Å². The summed E-state index contributed by atoms with van der Waals surface area (Å²) in [5, 5.41) is 0.297. The van der Waals surface area contributed by atoms with Crippen LogP contribution < -0.4 is 17.0 Å². The third-order valence-electron chi connectivity index (χ3n) is 4.52. The summed E-state index contributed by atoms with van der Waals surface area (Å²) in [6.45, 7) is 4.59. The van der Waals surface area contributed by atoms with Gasteiger partial charge in [0, 0.05) is 33.7 Å². The maximum atomic E-state index is 12.6. The maximum absolute atomic E-state index is 12.6. The molecule has 0 spiro atoms. The summed E-state index contributed by atoms with van der Waals surface area (Å²) in [4.78, 5) is 42.6. The summed E-state index contributed by atoms with van der Waals surface area (Å²) in [6.07, 6.45) is 0.687. The van der Waals surface area contributed by atoms with Gasteiger partial charge in [-0.2, -0.15) is 0 Å². The molecule has 136 valence electrons. The van der Waals surface area contributed by atoms with Gasteiger partial charge in [0.1, 0.15) is 11.3 Å². The Balaban J connectivity index is 2.34. The fraction of sp³-hybridized carbons (Fsp3) is 0.529. The van der Waals surface area contributed by atoms with Crippen molar-refractivity contribution in [2.75, 3.05) is 13.6 Å². The van der Waals surface area contributed by atoms with Crippen LogP contribution >= 0.6 is 0 Å². The van der Waals surface area contributed by atoms with E-state index >= 15 is 0 Å². The predicted molar refractivity (Wildman–Crippen MR) is 96.6 cm³/mol. The second kappa shape index (κ2) is 7.18. The summed E-state index contributed by atoms with van der Waals surface area (Å²) in [7, 11) is 4.62. The molecule has 8 heteroatoms. The quantitative estimate of drug-likeness (QED) is 0.825. The van der Waals surface area contributed by atoms with Crippen LogP contribution in [0.5, 0.6) is 0 Å². The highest BCUT2D eigenvalue weighted by molar-refractivity contribution is 5.94. The van der Waals surface area contributed by atoms with Crippen LogP contribution in [-0.2, 0) is 14.1 Å². The molecule has 0 saturated heterocycles. The second-order valence-corrected chi connectivity index (χ2v) is 6.70. The van der Waals surface area contributed by atoms with E-state index in [-0.39, 0.29) is 23.3 Å². The minimum atomic E-state index is -0.481. The second-order valence-electron chi connectivity index (χ2n) is 6.70. The number of aryl methyl sites for hydroxylation is 1. The number of hydrogen-bond acceptors (Lipinski definition) is 5. The van der Waals surface area contributed by atoms with Crippen LogP contribution in [0, 0.1) is 5.92 Å². The number of pyridine rings is 1. The molecular formula is C17H25N5O3. The molecular weight excluding hydrogens is 322 g/mol. The van der Waals surface area contributed by atoms with Gasteiger partial charge in [0.05, 0.1) is 5.39 Å². The van der Waals surface area contributed by atoms with Gasteiger partial charge in [-0.15, -0.1) is 0 Å². The standard InChI is InChI=1S/C17H25N5O3/c1-10(2)12(18)8-9-20(3)16(24)13-7-6-11-14(19-13)21(4)17(25)22(5)15(11)23/h6-7,10,12H,8-9,18H2,1-5H3. The van der Waals surface area contributed by atoms with E-state index in [1.165, 1.54) is 30.8 Å². The first kappa shape index (κ1) is 18.9. The predicted octanol–water partition coefficient (Wildman–Crippen LogP) is 0.0776. The van der Waals surface area contributed by atoms with Gasteiger partial charge in [0.25, 0.3) is 11.5 Å². The van der Waals surface area contributed by atoms with Crippen molar-refractivity contribution >= 4 is 16.9 Å². The number of nitrogens with zero attached hydrogens (tertiary/aromatic N) is 4. The van der Waals surface area contributed by atoms with Gasteiger partial charge in [-0.1, -0.05) is 13.8 Å². The SMILES string of the molecule is CC(C)C(N)CCN(C)C(=O)c1ccc2c(=O)n(C)c(=O)n(C)c2n1. The fourth-order valence-corrected chi connectivity index (χ4v) is 2.55. The van der Waals surface area contributed by atoms with Crippen LogP contribution in [0.15, 0.2) is 21.7 Å². The van der Waals surface area contributed by atoms with E-state index in [0.29, 0.717) is 24.3 Å². The molecule has 1 amide bonds. The third-order valence-corrected chi connectivity index (χ3v) is 4.52. The van der Waals surface area contributed by atoms with E-state index in [4.69, 9.17) is 5.73 Å². The number of carbonyl (C=O) groups excluding carboxylic acids is 1. The Morgan fingerprint density at radius 1 is 1.24 bits per heavy atom. The zero-order valence-electron chi connectivity index (χ0n) is 15.3. The molecule has 0 fully saturated rings. The Hall–Kier alpha value is -2.48. The van der Waals surface area contributed by atoms with Crippen LogP contribution in [0.2, 0.25) is 0 Å². The highest BCUT2D eigenvalue weighted by atomic mass is 16.2. The van der Waals surface area contributed by atoms with Crippen LogP contribution in [0.3, 0.4) is 0 Å². The largest absolute Gasteiger partial charge is 0.340 e. The normalized spacial score (nSPS) is 12.6. The van der Waals surface area contributed by atoms with Gasteiger partial charge in [0.15, 0.2) is 0 Å². The molecule has 2 aromatic heterocycles. The van der Waals surface area contributed by atoms with Gasteiger partial charge >= 0.3 is 5.69 Å². The molecule has 0 saturated carbocycles. The van der Waals surface area contributed by atoms with Crippen molar-refractivity contribution < 1.29 is 4.79 Å². The Kier molecular flexibility index (Phi) is 5.42. The van der Waals surface area contributed by atoms with Crippen LogP contribution in [0.1, 0.15) is 30.8 Å². The number of fused-ring (bicyclic) bond motifs is 1. The highest BCUT2D eigenvalue weighted by Gasteiger charge is 2.18. The van der Waals surface area contributed by atoms with Crippen LogP contribution in [0.25, 0.3) is 11.0 Å². The van der Waals surface area contributed by atoms with E-state index in [2.05, 4.69) is 4.98 Å². The fourth-order valence-electron chi connectivity index (χ4n) is 2.55. The molecule has 2 heterocycles. The highest BCUT2D eigenvalue weighted by Crippen LogP contribution is 2.10. The van der Waals surface area contributed by atoms with E-state index in [1.807, 2.05) is 13.8 Å². The van der Waals surface area contributed by atoms with E-state index in [9.17, 15) is 14.4 Å². The first-order chi connectivity index (χ1) is 11.6. The van der Waals surface area contributed by atoms with E-state index < -0.39 is 11.2 Å². The van der Waals surface area contributed by atoms with Crippen molar-refractivity contribution in [1.29, 1.82) is 0 Å². The Morgan fingerprint density at radius 3 is 2.48 bits per heavy atom. The van der Waals surface area contributed by atoms with Gasteiger partial charge in [-0.3, -0.25) is 18.7 Å². The zero-order chi connectivity index (χ0) is 18.9. The zero-order valence-corrected chi connectivity index (χ0v) is 15.3. The lowest BCUT2D eigenvalue weighted by molar-refractivity contribution is 0.0783. The molecule has 8 nitrogen and oxygen atoms in total. The molecule has 0 aliphatic heterocycles. The third kappa shape index (κ3) is 3.63. The summed E-state index contributed by atoms with van der Waals surface area (Å²) >= 11 is 0. The van der Waals surface area contributed by atoms with Crippen molar-refractivity contribution in [2.45, 2.75) is 26.3 Å². The maximum Gasteiger partial charge on any atom is 0.332 e. The number of hydrogen-bond donors (Lipinski definition) is 1. The molecule has 2 rings (SSSR count). The Bertz CT molecular complexity index is 913. The Morgan fingerprint density at radius 2 is 1.88 bits per heavy atom. The van der Waals surface area contributed by atoms with Crippen molar-refractivity contribution in [1.82, 2.24) is 19.0 Å². The topological polar surface area (TPSA) is 103 Å². The molecule has 2 N–H and O–H groups in total.